The summed E-state index contributed by atoms with van der Waals surface area (Å²) < 4.78 is 5.03. The van der Waals surface area contributed by atoms with E-state index in [4.69, 9.17) is 4.74 Å². The topological polar surface area (TPSA) is 24.5 Å². The van der Waals surface area contributed by atoms with Crippen molar-refractivity contribution in [2.75, 3.05) is 40.4 Å². The van der Waals surface area contributed by atoms with E-state index in [2.05, 4.69) is 17.3 Å². The molecule has 1 N–H and O–H groups in total. The summed E-state index contributed by atoms with van der Waals surface area (Å²) in [6.07, 6.45) is 6.56. The molecule has 3 nitrogen and oxygen atoms in total. The quantitative estimate of drug-likeness (QED) is 0.558. The third-order valence-corrected chi connectivity index (χ3v) is 2.87. The van der Waals surface area contributed by atoms with E-state index in [9.17, 15) is 0 Å². The van der Waals surface area contributed by atoms with Crippen LogP contribution in [-0.4, -0.2) is 51.3 Å². The molecule has 90 valence electrons. The molecule has 1 fully saturated rings. The second-order valence-electron chi connectivity index (χ2n) is 4.59. The van der Waals surface area contributed by atoms with E-state index < -0.39 is 0 Å². The van der Waals surface area contributed by atoms with Gasteiger partial charge in [-0.3, -0.25) is 0 Å². The zero-order chi connectivity index (χ0) is 10.9. The first-order valence-electron chi connectivity index (χ1n) is 6.24. The van der Waals surface area contributed by atoms with Gasteiger partial charge in [0.15, 0.2) is 0 Å². The van der Waals surface area contributed by atoms with Crippen molar-refractivity contribution in [2.24, 2.45) is 0 Å². The van der Waals surface area contributed by atoms with Crippen molar-refractivity contribution in [2.45, 2.75) is 38.1 Å². The van der Waals surface area contributed by atoms with Gasteiger partial charge >= 0.3 is 0 Å². The Hall–Kier alpha value is -0.120. The number of rotatable bonds is 10. The van der Waals surface area contributed by atoms with Crippen LogP contribution in [0.1, 0.15) is 32.1 Å². The predicted octanol–water partition coefficient (Wildman–Crippen LogP) is 1.49. The second-order valence-corrected chi connectivity index (χ2v) is 4.59. The van der Waals surface area contributed by atoms with Crippen molar-refractivity contribution in [1.29, 1.82) is 0 Å². The Labute approximate surface area is 94.2 Å². The van der Waals surface area contributed by atoms with Gasteiger partial charge in [0.05, 0.1) is 0 Å². The fraction of sp³-hybridized carbons (Fsp3) is 1.00. The number of methoxy groups -OCH3 is 1. The molecule has 3 heteroatoms. The number of unbranched alkanes of at least 4 members (excludes halogenated alkanes) is 1. The highest BCUT2D eigenvalue weighted by Crippen LogP contribution is 2.18. The Morgan fingerprint density at radius 2 is 1.93 bits per heavy atom. The largest absolute Gasteiger partial charge is 0.385 e. The molecule has 1 saturated carbocycles. The third-order valence-electron chi connectivity index (χ3n) is 2.87. The highest BCUT2D eigenvalue weighted by molar-refractivity contribution is 4.80. The summed E-state index contributed by atoms with van der Waals surface area (Å²) in [7, 11) is 3.97. The van der Waals surface area contributed by atoms with E-state index in [-0.39, 0.29) is 0 Å². The smallest absolute Gasteiger partial charge is 0.0474 e. The third kappa shape index (κ3) is 7.77. The lowest BCUT2D eigenvalue weighted by molar-refractivity contribution is 0.179. The minimum atomic E-state index is 0.865. The molecular weight excluding hydrogens is 188 g/mol. The molecule has 0 radical (unpaired) electrons. The zero-order valence-electron chi connectivity index (χ0n) is 10.3. The molecule has 15 heavy (non-hydrogen) atoms. The lowest BCUT2D eigenvalue weighted by Crippen LogP contribution is -2.23. The van der Waals surface area contributed by atoms with Crippen molar-refractivity contribution < 1.29 is 4.74 Å². The van der Waals surface area contributed by atoms with Crippen molar-refractivity contribution in [3.63, 3.8) is 0 Å². The van der Waals surface area contributed by atoms with E-state index in [1.807, 2.05) is 0 Å². The number of hydrogen-bond acceptors (Lipinski definition) is 3. The average Bonchev–Trinajstić information content (AvgIpc) is 3.02. The summed E-state index contributed by atoms with van der Waals surface area (Å²) in [6, 6.07) is 0.865. The molecule has 0 saturated heterocycles. The van der Waals surface area contributed by atoms with Gasteiger partial charge in [0, 0.05) is 26.3 Å². The fourth-order valence-corrected chi connectivity index (χ4v) is 1.69. The van der Waals surface area contributed by atoms with E-state index in [1.165, 1.54) is 38.8 Å². The normalized spacial score (nSPS) is 16.2. The van der Waals surface area contributed by atoms with Crippen LogP contribution in [0.5, 0.6) is 0 Å². The Kier molecular flexibility index (Phi) is 6.98. The van der Waals surface area contributed by atoms with Crippen LogP contribution in [0.3, 0.4) is 0 Å². The molecule has 0 heterocycles. The molecule has 0 amide bonds. The van der Waals surface area contributed by atoms with Gasteiger partial charge in [-0.1, -0.05) is 0 Å². The molecule has 0 unspecified atom stereocenters. The van der Waals surface area contributed by atoms with Crippen LogP contribution in [0.15, 0.2) is 0 Å². The van der Waals surface area contributed by atoms with Crippen LogP contribution in [0.4, 0.5) is 0 Å². The molecule has 0 aromatic heterocycles. The number of hydrogen-bond donors (Lipinski definition) is 1. The summed E-state index contributed by atoms with van der Waals surface area (Å²) in [4.78, 5) is 2.40. The lowest BCUT2D eigenvalue weighted by Gasteiger charge is -2.16. The van der Waals surface area contributed by atoms with Gasteiger partial charge in [0.25, 0.3) is 0 Å². The summed E-state index contributed by atoms with van der Waals surface area (Å²) in [5.41, 5.74) is 0. The standard InChI is InChI=1S/C12H26N2O/c1-14(10-5-11-15-2)9-4-3-8-13-12-6-7-12/h12-13H,3-11H2,1-2H3. The van der Waals surface area contributed by atoms with Crippen molar-refractivity contribution in [1.82, 2.24) is 10.2 Å². The van der Waals surface area contributed by atoms with Crippen LogP contribution < -0.4 is 5.32 Å². The van der Waals surface area contributed by atoms with Gasteiger partial charge in [-0.2, -0.15) is 0 Å². The maximum atomic E-state index is 5.03. The summed E-state index contributed by atoms with van der Waals surface area (Å²) in [5, 5.41) is 3.54. The minimum Gasteiger partial charge on any atom is -0.385 e. The Balaban J connectivity index is 1.76. The van der Waals surface area contributed by atoms with Gasteiger partial charge < -0.3 is 15.0 Å². The van der Waals surface area contributed by atoms with Gasteiger partial charge in [0.2, 0.25) is 0 Å². The van der Waals surface area contributed by atoms with Crippen LogP contribution in [0.25, 0.3) is 0 Å². The maximum absolute atomic E-state index is 5.03. The first-order valence-corrected chi connectivity index (χ1v) is 6.24. The molecule has 1 aliphatic rings. The predicted molar refractivity (Wildman–Crippen MR) is 64.2 cm³/mol. The molecule has 1 rings (SSSR count). The first-order chi connectivity index (χ1) is 7.33. The molecule has 0 spiro atoms. The Morgan fingerprint density at radius 1 is 1.20 bits per heavy atom. The second kappa shape index (κ2) is 8.08. The lowest BCUT2D eigenvalue weighted by atomic mass is 10.3. The average molecular weight is 214 g/mol. The van der Waals surface area contributed by atoms with E-state index in [0.717, 1.165) is 25.6 Å². The summed E-state index contributed by atoms with van der Waals surface area (Å²) in [6.45, 7) is 4.46. The Morgan fingerprint density at radius 3 is 2.60 bits per heavy atom. The SMILES string of the molecule is COCCCN(C)CCCCNC1CC1. The van der Waals surface area contributed by atoms with Crippen molar-refractivity contribution in [3.05, 3.63) is 0 Å². The first kappa shape index (κ1) is 12.9. The molecule has 1 aliphatic carbocycles. The van der Waals surface area contributed by atoms with Gasteiger partial charge in [-0.15, -0.1) is 0 Å². The molecule has 0 bridgehead atoms. The van der Waals surface area contributed by atoms with Gasteiger partial charge in [0.1, 0.15) is 0 Å². The monoisotopic (exact) mass is 214 g/mol. The van der Waals surface area contributed by atoms with E-state index in [0.29, 0.717) is 0 Å². The molecule has 0 aliphatic heterocycles. The van der Waals surface area contributed by atoms with Crippen LogP contribution in [0, 0.1) is 0 Å². The number of ether oxygens (including phenoxy) is 1. The fourth-order valence-electron chi connectivity index (χ4n) is 1.69. The molecule has 0 aromatic rings. The maximum Gasteiger partial charge on any atom is 0.0474 e. The van der Waals surface area contributed by atoms with Gasteiger partial charge in [-0.05, 0) is 52.2 Å². The zero-order valence-corrected chi connectivity index (χ0v) is 10.3. The highest BCUT2D eigenvalue weighted by Gasteiger charge is 2.19. The van der Waals surface area contributed by atoms with Crippen LogP contribution in [-0.2, 0) is 4.74 Å². The van der Waals surface area contributed by atoms with Crippen LogP contribution in [0.2, 0.25) is 0 Å². The minimum absolute atomic E-state index is 0.865. The Bertz CT molecular complexity index is 149. The highest BCUT2D eigenvalue weighted by atomic mass is 16.5. The molecular formula is C12H26N2O. The van der Waals surface area contributed by atoms with Crippen LogP contribution >= 0.6 is 0 Å². The number of nitrogens with zero attached hydrogens (tertiary/aromatic N) is 1. The van der Waals surface area contributed by atoms with Crippen molar-refractivity contribution in [3.8, 4) is 0 Å². The summed E-state index contributed by atoms with van der Waals surface area (Å²) >= 11 is 0. The number of nitrogens with one attached hydrogen (secondary N) is 1. The van der Waals surface area contributed by atoms with E-state index in [1.54, 1.807) is 7.11 Å². The molecule has 0 aromatic carbocycles. The molecule has 0 atom stereocenters. The van der Waals surface area contributed by atoms with E-state index >= 15 is 0 Å². The van der Waals surface area contributed by atoms with Gasteiger partial charge in [-0.25, -0.2) is 0 Å². The van der Waals surface area contributed by atoms with Crippen molar-refractivity contribution >= 4 is 0 Å². The summed E-state index contributed by atoms with van der Waals surface area (Å²) in [5.74, 6) is 0.